The van der Waals surface area contributed by atoms with E-state index < -0.39 is 17.7 Å². The van der Waals surface area contributed by atoms with Crippen LogP contribution in [-0.4, -0.2) is 4.98 Å². The molecule has 0 saturated carbocycles. The van der Waals surface area contributed by atoms with Crippen LogP contribution < -0.4 is 0 Å². The van der Waals surface area contributed by atoms with Gasteiger partial charge in [0.2, 0.25) is 5.95 Å². The number of benzene rings is 1. The third-order valence-corrected chi connectivity index (χ3v) is 1.99. The summed E-state index contributed by atoms with van der Waals surface area (Å²) in [4.78, 5) is 3.38. The fourth-order valence-electron chi connectivity index (χ4n) is 1.27. The maximum absolute atomic E-state index is 12.7. The molecular formula is C10H5F4N. The molecule has 1 heterocycles. The van der Waals surface area contributed by atoms with Crippen LogP contribution in [0.15, 0.2) is 30.3 Å². The Hall–Kier alpha value is -1.65. The molecule has 0 aliphatic rings. The number of nitrogens with zero attached hydrogens (tertiary/aromatic N) is 1. The standard InChI is InChI=1S/C10H5F4N/c11-9-4-2-6-1-3-7(10(12,13)14)5-8(6)15-9/h1-5H. The van der Waals surface area contributed by atoms with Crippen molar-refractivity contribution < 1.29 is 17.6 Å². The monoisotopic (exact) mass is 215 g/mol. The van der Waals surface area contributed by atoms with Gasteiger partial charge in [0.25, 0.3) is 0 Å². The summed E-state index contributed by atoms with van der Waals surface area (Å²) >= 11 is 0. The average molecular weight is 215 g/mol. The second-order valence-electron chi connectivity index (χ2n) is 3.04. The lowest BCUT2D eigenvalue weighted by Crippen LogP contribution is -2.04. The van der Waals surface area contributed by atoms with Gasteiger partial charge in [-0.25, -0.2) is 4.98 Å². The van der Waals surface area contributed by atoms with Gasteiger partial charge in [0.15, 0.2) is 0 Å². The van der Waals surface area contributed by atoms with Crippen molar-refractivity contribution in [1.82, 2.24) is 4.98 Å². The molecule has 1 aromatic heterocycles. The summed E-state index contributed by atoms with van der Waals surface area (Å²) in [5, 5.41) is 0.476. The number of halogens is 4. The predicted molar refractivity (Wildman–Crippen MR) is 46.7 cm³/mol. The SMILES string of the molecule is Fc1ccc2ccc(C(F)(F)F)cc2n1. The molecule has 1 aromatic carbocycles. The Kier molecular flexibility index (Phi) is 2.10. The van der Waals surface area contributed by atoms with Crippen molar-refractivity contribution >= 4 is 10.9 Å². The molecule has 0 radical (unpaired) electrons. The lowest BCUT2D eigenvalue weighted by molar-refractivity contribution is -0.137. The molecule has 0 saturated heterocycles. The van der Waals surface area contributed by atoms with E-state index in [0.29, 0.717) is 5.39 Å². The van der Waals surface area contributed by atoms with E-state index in [4.69, 9.17) is 0 Å². The lowest BCUT2D eigenvalue weighted by atomic mass is 10.1. The summed E-state index contributed by atoms with van der Waals surface area (Å²) in [7, 11) is 0. The Labute approximate surface area is 82.4 Å². The van der Waals surface area contributed by atoms with Gasteiger partial charge >= 0.3 is 6.18 Å². The molecule has 2 aromatic rings. The van der Waals surface area contributed by atoms with E-state index in [0.717, 1.165) is 18.2 Å². The molecule has 0 atom stereocenters. The highest BCUT2D eigenvalue weighted by atomic mass is 19.4. The summed E-state index contributed by atoms with van der Waals surface area (Å²) in [5.41, 5.74) is -0.821. The minimum absolute atomic E-state index is 0.00447. The van der Waals surface area contributed by atoms with Gasteiger partial charge in [-0.3, -0.25) is 0 Å². The van der Waals surface area contributed by atoms with Gasteiger partial charge in [-0.2, -0.15) is 17.6 Å². The molecule has 1 nitrogen and oxygen atoms in total. The van der Waals surface area contributed by atoms with Gasteiger partial charge in [-0.1, -0.05) is 6.07 Å². The second-order valence-corrected chi connectivity index (χ2v) is 3.04. The first kappa shape index (κ1) is 9.89. The van der Waals surface area contributed by atoms with Crippen LogP contribution in [0.5, 0.6) is 0 Å². The van der Waals surface area contributed by atoms with Gasteiger partial charge in [0.1, 0.15) is 0 Å². The van der Waals surface area contributed by atoms with E-state index in [9.17, 15) is 17.6 Å². The molecule has 0 bridgehead atoms. The summed E-state index contributed by atoms with van der Waals surface area (Å²) in [5.74, 6) is -0.790. The minimum atomic E-state index is -4.43. The third kappa shape index (κ3) is 1.91. The summed E-state index contributed by atoms with van der Waals surface area (Å²) in [6.07, 6.45) is -4.43. The Morgan fingerprint density at radius 1 is 1.00 bits per heavy atom. The first-order valence-corrected chi connectivity index (χ1v) is 4.10. The molecule has 0 fully saturated rings. The van der Waals surface area contributed by atoms with Crippen molar-refractivity contribution in [3.05, 3.63) is 41.8 Å². The largest absolute Gasteiger partial charge is 0.416 e. The third-order valence-electron chi connectivity index (χ3n) is 1.99. The average Bonchev–Trinajstić information content (AvgIpc) is 2.15. The molecule has 2 rings (SSSR count). The first-order valence-electron chi connectivity index (χ1n) is 4.10. The van der Waals surface area contributed by atoms with Gasteiger partial charge in [0, 0.05) is 5.39 Å². The summed E-state index contributed by atoms with van der Waals surface area (Å²) < 4.78 is 49.6. The van der Waals surface area contributed by atoms with Crippen LogP contribution in [0, 0.1) is 5.95 Å². The zero-order chi connectivity index (χ0) is 11.1. The highest BCUT2D eigenvalue weighted by Gasteiger charge is 2.30. The fraction of sp³-hybridized carbons (Fsp3) is 0.100. The van der Waals surface area contributed by atoms with Crippen molar-refractivity contribution in [3.8, 4) is 0 Å². The van der Waals surface area contributed by atoms with Gasteiger partial charge < -0.3 is 0 Å². The molecule has 0 amide bonds. The van der Waals surface area contributed by atoms with Gasteiger partial charge in [-0.05, 0) is 24.3 Å². The normalized spacial score (nSPS) is 12.0. The Morgan fingerprint density at radius 2 is 1.67 bits per heavy atom. The first-order chi connectivity index (χ1) is 6.97. The van der Waals surface area contributed by atoms with Gasteiger partial charge in [-0.15, -0.1) is 0 Å². The number of pyridine rings is 1. The second kappa shape index (κ2) is 3.18. The number of fused-ring (bicyclic) bond motifs is 1. The van der Waals surface area contributed by atoms with Crippen LogP contribution in [0.2, 0.25) is 0 Å². The molecule has 0 aliphatic carbocycles. The number of hydrogen-bond donors (Lipinski definition) is 0. The number of aromatic nitrogens is 1. The molecule has 0 spiro atoms. The zero-order valence-corrected chi connectivity index (χ0v) is 7.35. The molecule has 15 heavy (non-hydrogen) atoms. The Balaban J connectivity index is 2.64. The van der Waals surface area contributed by atoms with Crippen LogP contribution >= 0.6 is 0 Å². The van der Waals surface area contributed by atoms with Crippen LogP contribution in [0.3, 0.4) is 0 Å². The van der Waals surface area contributed by atoms with Crippen molar-refractivity contribution in [2.24, 2.45) is 0 Å². The molecule has 0 unspecified atom stereocenters. The lowest BCUT2D eigenvalue weighted by Gasteiger charge is -2.06. The van der Waals surface area contributed by atoms with E-state index in [2.05, 4.69) is 4.98 Å². The molecule has 0 N–H and O–H groups in total. The maximum atomic E-state index is 12.7. The van der Waals surface area contributed by atoms with E-state index in [1.165, 1.54) is 12.1 Å². The van der Waals surface area contributed by atoms with Crippen molar-refractivity contribution in [2.45, 2.75) is 6.18 Å². The van der Waals surface area contributed by atoms with Gasteiger partial charge in [0.05, 0.1) is 11.1 Å². The topological polar surface area (TPSA) is 12.9 Å². The van der Waals surface area contributed by atoms with E-state index in [1.54, 1.807) is 0 Å². The molecule has 5 heteroatoms. The molecule has 0 aliphatic heterocycles. The number of hydrogen-bond acceptors (Lipinski definition) is 1. The highest BCUT2D eigenvalue weighted by Crippen LogP contribution is 2.30. The molecule has 78 valence electrons. The molecular weight excluding hydrogens is 210 g/mol. The van der Waals surface area contributed by atoms with Crippen LogP contribution in [0.1, 0.15) is 5.56 Å². The number of rotatable bonds is 0. The maximum Gasteiger partial charge on any atom is 0.416 e. The van der Waals surface area contributed by atoms with Crippen LogP contribution in [0.4, 0.5) is 17.6 Å². The highest BCUT2D eigenvalue weighted by molar-refractivity contribution is 5.79. The van der Waals surface area contributed by atoms with Crippen molar-refractivity contribution in [3.63, 3.8) is 0 Å². The fourth-order valence-corrected chi connectivity index (χ4v) is 1.27. The Bertz CT molecular complexity index is 504. The smallest absolute Gasteiger partial charge is 0.220 e. The van der Waals surface area contributed by atoms with Crippen LogP contribution in [0.25, 0.3) is 10.9 Å². The van der Waals surface area contributed by atoms with Crippen molar-refractivity contribution in [2.75, 3.05) is 0 Å². The zero-order valence-electron chi connectivity index (χ0n) is 7.35. The van der Waals surface area contributed by atoms with Crippen molar-refractivity contribution in [1.29, 1.82) is 0 Å². The number of alkyl halides is 3. The van der Waals surface area contributed by atoms with Crippen LogP contribution in [-0.2, 0) is 6.18 Å². The minimum Gasteiger partial charge on any atom is -0.220 e. The summed E-state index contributed by atoms with van der Waals surface area (Å²) in [6.45, 7) is 0. The van der Waals surface area contributed by atoms with E-state index >= 15 is 0 Å². The summed E-state index contributed by atoms with van der Waals surface area (Å²) in [6, 6.07) is 5.54. The Morgan fingerprint density at radius 3 is 2.33 bits per heavy atom. The predicted octanol–water partition coefficient (Wildman–Crippen LogP) is 3.39. The van der Waals surface area contributed by atoms with E-state index in [-0.39, 0.29) is 5.52 Å². The van der Waals surface area contributed by atoms with E-state index in [1.807, 2.05) is 0 Å². The quantitative estimate of drug-likeness (QED) is 0.484.